The van der Waals surface area contributed by atoms with E-state index in [1.165, 1.54) is 13.0 Å². The molecule has 0 aromatic rings. The zero-order valence-electron chi connectivity index (χ0n) is 10.4. The van der Waals surface area contributed by atoms with Crippen molar-refractivity contribution in [3.63, 3.8) is 0 Å². The van der Waals surface area contributed by atoms with Gasteiger partial charge in [0.2, 0.25) is 0 Å². The zero-order chi connectivity index (χ0) is 11.6. The Bertz CT molecular complexity index is 232. The maximum atomic E-state index is 10.5. The molecule has 2 fully saturated rings. The van der Waals surface area contributed by atoms with Crippen LogP contribution in [-0.4, -0.2) is 66.8 Å². The van der Waals surface area contributed by atoms with Gasteiger partial charge in [0.25, 0.3) is 0 Å². The largest absolute Gasteiger partial charge is 0.387 e. The van der Waals surface area contributed by atoms with Gasteiger partial charge in [0.1, 0.15) is 0 Å². The van der Waals surface area contributed by atoms with Crippen molar-refractivity contribution in [3.05, 3.63) is 0 Å². The van der Waals surface area contributed by atoms with E-state index in [0.717, 1.165) is 39.0 Å². The summed E-state index contributed by atoms with van der Waals surface area (Å²) in [5, 5.41) is 10.5. The van der Waals surface area contributed by atoms with Crippen molar-refractivity contribution < 1.29 is 5.11 Å². The van der Waals surface area contributed by atoms with Crippen molar-refractivity contribution >= 4 is 0 Å². The quantitative estimate of drug-likeness (QED) is 0.694. The van der Waals surface area contributed by atoms with Crippen LogP contribution in [0.5, 0.6) is 0 Å². The van der Waals surface area contributed by atoms with Gasteiger partial charge in [-0.25, -0.2) is 0 Å². The number of hydrogen-bond acceptors (Lipinski definition) is 4. The van der Waals surface area contributed by atoms with E-state index < -0.39 is 5.60 Å². The first-order chi connectivity index (χ1) is 7.64. The number of hydrogen-bond donors (Lipinski definition) is 2. The molecule has 0 bridgehead atoms. The maximum absolute atomic E-state index is 10.5. The summed E-state index contributed by atoms with van der Waals surface area (Å²) in [5.74, 6) is 0.457. The normalized spacial score (nSPS) is 28.7. The summed E-state index contributed by atoms with van der Waals surface area (Å²) in [7, 11) is 2.17. The number of rotatable bonds is 4. The summed E-state index contributed by atoms with van der Waals surface area (Å²) in [6.07, 6.45) is 3.50. The fourth-order valence-corrected chi connectivity index (χ4v) is 2.63. The molecular weight excluding hydrogens is 202 g/mol. The summed E-state index contributed by atoms with van der Waals surface area (Å²) in [6.45, 7) is 5.60. The van der Waals surface area contributed by atoms with Crippen LogP contribution < -0.4 is 5.73 Å². The smallest absolute Gasteiger partial charge is 0.0923 e. The van der Waals surface area contributed by atoms with Crippen LogP contribution in [0.3, 0.4) is 0 Å². The standard InChI is InChI=1S/C12H25N3O/c1-14-5-2-6-15(8-7-14)10-12(16,9-13)11-3-4-11/h11,16H,2-10,13H2,1H3. The Morgan fingerprint density at radius 2 is 2.00 bits per heavy atom. The molecule has 1 heterocycles. The fraction of sp³-hybridized carbons (Fsp3) is 1.00. The molecule has 4 heteroatoms. The highest BCUT2D eigenvalue weighted by Gasteiger charge is 2.43. The second kappa shape index (κ2) is 5.00. The highest BCUT2D eigenvalue weighted by Crippen LogP contribution is 2.39. The predicted octanol–water partition coefficient (Wildman–Crippen LogP) is -0.276. The van der Waals surface area contributed by atoms with Crippen LogP contribution in [0.1, 0.15) is 19.3 Å². The lowest BCUT2D eigenvalue weighted by Crippen LogP contribution is -2.50. The van der Waals surface area contributed by atoms with Crippen molar-refractivity contribution in [2.75, 3.05) is 46.3 Å². The molecule has 0 aromatic heterocycles. The molecule has 1 aliphatic carbocycles. The predicted molar refractivity (Wildman–Crippen MR) is 65.3 cm³/mol. The first kappa shape index (κ1) is 12.3. The minimum atomic E-state index is -0.622. The minimum Gasteiger partial charge on any atom is -0.387 e. The SMILES string of the molecule is CN1CCCN(CC(O)(CN)C2CC2)CC1. The second-order valence-corrected chi connectivity index (χ2v) is 5.51. The van der Waals surface area contributed by atoms with Gasteiger partial charge >= 0.3 is 0 Å². The Morgan fingerprint density at radius 1 is 1.25 bits per heavy atom. The van der Waals surface area contributed by atoms with E-state index in [2.05, 4.69) is 16.8 Å². The van der Waals surface area contributed by atoms with Gasteiger partial charge in [0.15, 0.2) is 0 Å². The van der Waals surface area contributed by atoms with Crippen LogP contribution in [0.4, 0.5) is 0 Å². The van der Waals surface area contributed by atoms with E-state index in [-0.39, 0.29) is 0 Å². The molecule has 1 aliphatic heterocycles. The molecule has 0 radical (unpaired) electrons. The third-order valence-electron chi connectivity index (χ3n) is 4.00. The topological polar surface area (TPSA) is 52.7 Å². The lowest BCUT2D eigenvalue weighted by atomic mass is 9.97. The van der Waals surface area contributed by atoms with E-state index in [0.29, 0.717) is 12.5 Å². The lowest BCUT2D eigenvalue weighted by Gasteiger charge is -2.33. The van der Waals surface area contributed by atoms with Gasteiger partial charge in [-0.2, -0.15) is 0 Å². The van der Waals surface area contributed by atoms with E-state index in [1.54, 1.807) is 0 Å². The van der Waals surface area contributed by atoms with Gasteiger partial charge in [0, 0.05) is 26.2 Å². The Hall–Kier alpha value is -0.160. The first-order valence-electron chi connectivity index (χ1n) is 6.47. The molecule has 0 amide bonds. The van der Waals surface area contributed by atoms with E-state index in [1.807, 2.05) is 0 Å². The van der Waals surface area contributed by atoms with Crippen molar-refractivity contribution in [1.82, 2.24) is 9.80 Å². The number of β-amino-alcohol motifs (C(OH)–C–C–N with tert-alkyl or cyclic N) is 1. The molecule has 0 aromatic carbocycles. The Morgan fingerprint density at radius 3 is 2.62 bits per heavy atom. The first-order valence-corrected chi connectivity index (χ1v) is 6.47. The highest BCUT2D eigenvalue weighted by atomic mass is 16.3. The number of likely N-dealkylation sites (N-methyl/N-ethyl adjacent to an activating group) is 1. The van der Waals surface area contributed by atoms with Crippen molar-refractivity contribution in [1.29, 1.82) is 0 Å². The monoisotopic (exact) mass is 227 g/mol. The minimum absolute atomic E-state index is 0.407. The summed E-state index contributed by atoms with van der Waals surface area (Å²) in [5.41, 5.74) is 5.12. The molecule has 1 unspecified atom stereocenters. The van der Waals surface area contributed by atoms with Gasteiger partial charge in [-0.05, 0) is 45.3 Å². The van der Waals surface area contributed by atoms with Crippen molar-refractivity contribution in [2.24, 2.45) is 11.7 Å². The van der Waals surface area contributed by atoms with Gasteiger partial charge in [-0.3, -0.25) is 4.90 Å². The molecule has 1 atom stereocenters. The van der Waals surface area contributed by atoms with E-state index in [9.17, 15) is 5.11 Å². The molecule has 1 saturated heterocycles. The van der Waals surface area contributed by atoms with Gasteiger partial charge in [-0.15, -0.1) is 0 Å². The molecule has 16 heavy (non-hydrogen) atoms. The molecule has 1 saturated carbocycles. The Kier molecular flexibility index (Phi) is 3.85. The van der Waals surface area contributed by atoms with Crippen molar-refractivity contribution in [2.45, 2.75) is 24.9 Å². The number of nitrogens with zero attached hydrogens (tertiary/aromatic N) is 2. The fourth-order valence-electron chi connectivity index (χ4n) is 2.63. The third-order valence-corrected chi connectivity index (χ3v) is 4.00. The summed E-state index contributed by atoms with van der Waals surface area (Å²) in [6, 6.07) is 0. The third kappa shape index (κ3) is 2.94. The maximum Gasteiger partial charge on any atom is 0.0923 e. The zero-order valence-corrected chi connectivity index (χ0v) is 10.4. The molecule has 2 rings (SSSR count). The molecule has 94 valence electrons. The molecular formula is C12H25N3O. The van der Waals surface area contributed by atoms with Crippen LogP contribution in [0.25, 0.3) is 0 Å². The van der Waals surface area contributed by atoms with Gasteiger partial charge < -0.3 is 15.7 Å². The summed E-state index contributed by atoms with van der Waals surface area (Å²) >= 11 is 0. The van der Waals surface area contributed by atoms with Crippen LogP contribution in [0.15, 0.2) is 0 Å². The molecule has 0 spiro atoms. The summed E-state index contributed by atoms with van der Waals surface area (Å²) in [4.78, 5) is 4.74. The van der Waals surface area contributed by atoms with Crippen LogP contribution in [-0.2, 0) is 0 Å². The average Bonchev–Trinajstić information content (AvgIpc) is 3.07. The van der Waals surface area contributed by atoms with Gasteiger partial charge in [-0.1, -0.05) is 0 Å². The second-order valence-electron chi connectivity index (χ2n) is 5.51. The molecule has 2 aliphatic rings. The van der Waals surface area contributed by atoms with Crippen LogP contribution in [0, 0.1) is 5.92 Å². The average molecular weight is 227 g/mol. The summed E-state index contributed by atoms with van der Waals surface area (Å²) < 4.78 is 0. The number of aliphatic hydroxyl groups is 1. The Labute approximate surface area is 98.4 Å². The number of nitrogens with two attached hydrogens (primary N) is 1. The van der Waals surface area contributed by atoms with Crippen molar-refractivity contribution in [3.8, 4) is 0 Å². The molecule has 3 N–H and O–H groups in total. The van der Waals surface area contributed by atoms with Crippen LogP contribution in [0.2, 0.25) is 0 Å². The van der Waals surface area contributed by atoms with E-state index >= 15 is 0 Å². The highest BCUT2D eigenvalue weighted by molar-refractivity contribution is 4.97. The lowest BCUT2D eigenvalue weighted by molar-refractivity contribution is -0.00718. The van der Waals surface area contributed by atoms with Gasteiger partial charge in [0.05, 0.1) is 5.60 Å². The van der Waals surface area contributed by atoms with E-state index in [4.69, 9.17) is 5.73 Å². The molecule has 4 nitrogen and oxygen atoms in total. The Balaban J connectivity index is 1.87. The van der Waals surface area contributed by atoms with Crippen LogP contribution >= 0.6 is 0 Å².